The number of nitrogens with zero attached hydrogens (tertiary/aromatic N) is 1. The first-order chi connectivity index (χ1) is 14.4. The van der Waals surface area contributed by atoms with Gasteiger partial charge in [-0.25, -0.2) is 0 Å². The molecule has 0 aromatic heterocycles. The van der Waals surface area contributed by atoms with E-state index in [1.165, 1.54) is 6.08 Å². The van der Waals surface area contributed by atoms with Gasteiger partial charge in [0.1, 0.15) is 24.0 Å². The zero-order valence-electron chi connectivity index (χ0n) is 16.2. The zero-order chi connectivity index (χ0) is 21.5. The van der Waals surface area contributed by atoms with Crippen LogP contribution >= 0.6 is 27.5 Å². The molecule has 1 N–H and O–H groups in total. The number of nitrogens with one attached hydrogen (secondary N) is 1. The summed E-state index contributed by atoms with van der Waals surface area (Å²) in [4.78, 5) is 12.6. The first-order valence-electron chi connectivity index (χ1n) is 9.11. The Morgan fingerprint density at radius 2 is 1.93 bits per heavy atom. The fourth-order valence-corrected chi connectivity index (χ4v) is 3.21. The SMILES string of the molecule is Cc1cccc(COc2ccc(Cl)cc2/C=C(\C#N)C(=O)Nc2ccc(Br)cc2)c1. The number of anilines is 1. The van der Waals surface area contributed by atoms with Gasteiger partial charge in [-0.15, -0.1) is 0 Å². The largest absolute Gasteiger partial charge is 0.488 e. The van der Waals surface area contributed by atoms with Crippen LogP contribution in [0.15, 0.2) is 76.8 Å². The van der Waals surface area contributed by atoms with Crippen molar-refractivity contribution in [2.24, 2.45) is 0 Å². The van der Waals surface area contributed by atoms with E-state index in [1.54, 1.807) is 42.5 Å². The Bertz CT molecular complexity index is 1130. The lowest BCUT2D eigenvalue weighted by Crippen LogP contribution is -2.13. The van der Waals surface area contributed by atoms with Crippen molar-refractivity contribution >= 4 is 45.2 Å². The molecule has 0 aliphatic rings. The smallest absolute Gasteiger partial charge is 0.266 e. The minimum Gasteiger partial charge on any atom is -0.488 e. The van der Waals surface area contributed by atoms with Crippen LogP contribution in [-0.4, -0.2) is 5.91 Å². The molecule has 0 unspecified atom stereocenters. The van der Waals surface area contributed by atoms with Crippen LogP contribution in [0.1, 0.15) is 16.7 Å². The maximum absolute atomic E-state index is 12.6. The predicted molar refractivity (Wildman–Crippen MR) is 123 cm³/mol. The van der Waals surface area contributed by atoms with Gasteiger partial charge in [0.2, 0.25) is 0 Å². The minimum atomic E-state index is -0.510. The lowest BCUT2D eigenvalue weighted by molar-refractivity contribution is -0.112. The van der Waals surface area contributed by atoms with Crippen molar-refractivity contribution in [3.63, 3.8) is 0 Å². The van der Waals surface area contributed by atoms with Gasteiger partial charge in [0.15, 0.2) is 0 Å². The molecule has 3 rings (SSSR count). The van der Waals surface area contributed by atoms with E-state index in [-0.39, 0.29) is 5.57 Å². The van der Waals surface area contributed by atoms with E-state index >= 15 is 0 Å². The van der Waals surface area contributed by atoms with Crippen LogP contribution in [-0.2, 0) is 11.4 Å². The summed E-state index contributed by atoms with van der Waals surface area (Å²) in [5.74, 6) is 0.0227. The molecular weight excluding hydrogens is 464 g/mol. The Labute approximate surface area is 188 Å². The number of hydrogen-bond acceptors (Lipinski definition) is 3. The highest BCUT2D eigenvalue weighted by Crippen LogP contribution is 2.27. The minimum absolute atomic E-state index is 0.0550. The fraction of sp³-hybridized carbons (Fsp3) is 0.0833. The third-order valence-electron chi connectivity index (χ3n) is 4.22. The van der Waals surface area contributed by atoms with Gasteiger partial charge in [-0.2, -0.15) is 5.26 Å². The summed E-state index contributed by atoms with van der Waals surface area (Å²) in [6.07, 6.45) is 1.48. The number of aryl methyl sites for hydroxylation is 1. The van der Waals surface area contributed by atoms with E-state index in [1.807, 2.05) is 37.3 Å². The van der Waals surface area contributed by atoms with E-state index in [0.717, 1.165) is 15.6 Å². The second-order valence-corrected chi connectivity index (χ2v) is 7.94. The molecule has 0 heterocycles. The summed E-state index contributed by atoms with van der Waals surface area (Å²) >= 11 is 9.48. The highest BCUT2D eigenvalue weighted by atomic mass is 79.9. The number of hydrogen-bond donors (Lipinski definition) is 1. The fourth-order valence-electron chi connectivity index (χ4n) is 2.76. The number of ether oxygens (including phenoxy) is 1. The van der Waals surface area contributed by atoms with Crippen LogP contribution in [0.3, 0.4) is 0 Å². The Kier molecular flexibility index (Phi) is 7.29. The predicted octanol–water partition coefficient (Wildman–Crippen LogP) is 6.54. The summed E-state index contributed by atoms with van der Waals surface area (Å²) in [6, 6.07) is 22.1. The summed E-state index contributed by atoms with van der Waals surface area (Å²) < 4.78 is 6.83. The second kappa shape index (κ2) is 10.1. The van der Waals surface area contributed by atoms with Crippen molar-refractivity contribution in [3.8, 4) is 11.8 Å². The van der Waals surface area contributed by atoms with E-state index in [2.05, 4.69) is 21.2 Å². The van der Waals surface area contributed by atoms with Crippen molar-refractivity contribution < 1.29 is 9.53 Å². The van der Waals surface area contributed by atoms with Gasteiger partial charge in [-0.1, -0.05) is 57.4 Å². The molecule has 0 bridgehead atoms. The number of rotatable bonds is 6. The Balaban J connectivity index is 1.82. The normalized spacial score (nSPS) is 10.9. The van der Waals surface area contributed by atoms with E-state index in [4.69, 9.17) is 16.3 Å². The Hall–Kier alpha value is -3.07. The average molecular weight is 482 g/mol. The van der Waals surface area contributed by atoms with Crippen molar-refractivity contribution in [1.82, 2.24) is 0 Å². The van der Waals surface area contributed by atoms with Crippen LogP contribution in [0.4, 0.5) is 5.69 Å². The van der Waals surface area contributed by atoms with E-state index < -0.39 is 5.91 Å². The molecule has 3 aromatic carbocycles. The quantitative estimate of drug-likeness (QED) is 0.321. The lowest BCUT2D eigenvalue weighted by Gasteiger charge is -2.11. The lowest BCUT2D eigenvalue weighted by atomic mass is 10.1. The summed E-state index contributed by atoms with van der Waals surface area (Å²) in [5, 5.41) is 12.7. The Morgan fingerprint density at radius 3 is 2.63 bits per heavy atom. The number of benzene rings is 3. The average Bonchev–Trinajstić information content (AvgIpc) is 2.73. The molecule has 4 nitrogen and oxygen atoms in total. The summed E-state index contributed by atoms with van der Waals surface area (Å²) in [7, 11) is 0. The summed E-state index contributed by atoms with van der Waals surface area (Å²) in [5.41, 5.74) is 3.25. The molecule has 1 amide bonds. The van der Waals surface area contributed by atoms with Gasteiger partial charge in [0, 0.05) is 20.7 Å². The Morgan fingerprint density at radius 1 is 1.17 bits per heavy atom. The number of carbonyl (C=O) groups excluding carboxylic acids is 1. The van der Waals surface area contributed by atoms with Gasteiger partial charge >= 0.3 is 0 Å². The maximum Gasteiger partial charge on any atom is 0.266 e. The van der Waals surface area contributed by atoms with Crippen molar-refractivity contribution in [3.05, 3.63) is 98.5 Å². The van der Waals surface area contributed by atoms with Crippen molar-refractivity contribution in [1.29, 1.82) is 5.26 Å². The maximum atomic E-state index is 12.6. The molecule has 150 valence electrons. The monoisotopic (exact) mass is 480 g/mol. The highest BCUT2D eigenvalue weighted by molar-refractivity contribution is 9.10. The molecular formula is C24H18BrClN2O2. The zero-order valence-corrected chi connectivity index (χ0v) is 18.5. The molecule has 3 aromatic rings. The molecule has 0 saturated heterocycles. The molecule has 0 saturated carbocycles. The van der Waals surface area contributed by atoms with Gasteiger partial charge < -0.3 is 10.1 Å². The third kappa shape index (κ3) is 5.96. The number of carbonyl (C=O) groups is 1. The van der Waals surface area contributed by atoms with Gasteiger partial charge in [0.05, 0.1) is 0 Å². The highest BCUT2D eigenvalue weighted by Gasteiger charge is 2.12. The van der Waals surface area contributed by atoms with Crippen molar-refractivity contribution in [2.45, 2.75) is 13.5 Å². The number of nitriles is 1. The first kappa shape index (κ1) is 21.6. The standard InChI is InChI=1S/C24H18BrClN2O2/c1-16-3-2-4-17(11-16)15-30-23-10-7-21(26)13-18(23)12-19(14-27)24(29)28-22-8-5-20(25)6-9-22/h2-13H,15H2,1H3,(H,28,29)/b19-12+. The first-order valence-corrected chi connectivity index (χ1v) is 10.3. The van der Waals surface area contributed by atoms with E-state index in [9.17, 15) is 10.1 Å². The second-order valence-electron chi connectivity index (χ2n) is 6.59. The number of halogens is 2. The van der Waals surface area contributed by atoms with Crippen molar-refractivity contribution in [2.75, 3.05) is 5.32 Å². The van der Waals surface area contributed by atoms with Crippen LogP contribution in [0.25, 0.3) is 6.08 Å². The molecule has 0 atom stereocenters. The molecule has 0 aliphatic carbocycles. The topological polar surface area (TPSA) is 62.1 Å². The van der Waals surface area contributed by atoms with E-state index in [0.29, 0.717) is 28.6 Å². The van der Waals surface area contributed by atoms with Gasteiger partial charge in [0.25, 0.3) is 5.91 Å². The molecule has 0 radical (unpaired) electrons. The molecule has 0 fully saturated rings. The van der Waals surface area contributed by atoms with Gasteiger partial charge in [-0.3, -0.25) is 4.79 Å². The molecule has 0 spiro atoms. The van der Waals surface area contributed by atoms with Gasteiger partial charge in [-0.05, 0) is 61.0 Å². The third-order valence-corrected chi connectivity index (χ3v) is 4.98. The van der Waals surface area contributed by atoms with Crippen LogP contribution in [0, 0.1) is 18.3 Å². The van der Waals surface area contributed by atoms with Crippen LogP contribution < -0.4 is 10.1 Å². The molecule has 30 heavy (non-hydrogen) atoms. The van der Waals surface area contributed by atoms with Crippen LogP contribution in [0.5, 0.6) is 5.75 Å². The number of amides is 1. The summed E-state index contributed by atoms with van der Waals surface area (Å²) in [6.45, 7) is 2.38. The van der Waals surface area contributed by atoms with Crippen LogP contribution in [0.2, 0.25) is 5.02 Å². The molecule has 0 aliphatic heterocycles. The molecule has 6 heteroatoms.